The fraction of sp³-hybridized carbons (Fsp3) is 0.364. The summed E-state index contributed by atoms with van der Waals surface area (Å²) in [5, 5.41) is 9.00. The maximum atomic E-state index is 10.9. The topological polar surface area (TPSA) is 40.5 Å². The number of allylic oxidation sites excluding steroid dienone is 5. The van der Waals surface area contributed by atoms with Crippen LogP contribution in [-0.4, -0.2) is 28.6 Å². The Morgan fingerprint density at radius 3 is 3.14 bits per heavy atom. The molecule has 1 saturated heterocycles. The molecule has 1 aliphatic heterocycles. The highest BCUT2D eigenvalue weighted by atomic mass is 16.4. The van der Waals surface area contributed by atoms with E-state index in [1.807, 2.05) is 29.2 Å². The molecule has 1 fully saturated rings. The number of carbonyl (C=O) groups is 1. The SMILES string of the molecule is O=C(O)C1CCCN1C1=CC=[C+]C=C1. The third kappa shape index (κ3) is 1.54. The largest absolute Gasteiger partial charge is 0.480 e. The Kier molecular flexibility index (Phi) is 2.33. The number of hydrogen-bond acceptors (Lipinski definition) is 2. The molecule has 0 bridgehead atoms. The second-order valence-corrected chi connectivity index (χ2v) is 3.45. The zero-order valence-corrected chi connectivity index (χ0v) is 7.81. The molecule has 0 aromatic rings. The molecular formula is C11H12NO2+. The third-order valence-corrected chi connectivity index (χ3v) is 2.57. The first kappa shape index (κ1) is 8.97. The first-order valence-corrected chi connectivity index (χ1v) is 4.74. The lowest BCUT2D eigenvalue weighted by Gasteiger charge is -2.21. The van der Waals surface area contributed by atoms with E-state index in [0.717, 1.165) is 25.1 Å². The van der Waals surface area contributed by atoms with Crippen molar-refractivity contribution < 1.29 is 9.90 Å². The van der Waals surface area contributed by atoms with E-state index in [-0.39, 0.29) is 6.04 Å². The molecule has 72 valence electrons. The molecule has 1 N–H and O–H groups in total. The fourth-order valence-corrected chi connectivity index (χ4v) is 1.90. The first-order chi connectivity index (χ1) is 6.79. The molecule has 0 aromatic carbocycles. The van der Waals surface area contributed by atoms with E-state index >= 15 is 0 Å². The predicted molar refractivity (Wildman–Crippen MR) is 52.4 cm³/mol. The molecule has 3 heteroatoms. The molecule has 1 atom stereocenters. The van der Waals surface area contributed by atoms with Gasteiger partial charge in [0, 0.05) is 12.6 Å². The molecule has 3 nitrogen and oxygen atoms in total. The molecule has 0 radical (unpaired) electrons. The van der Waals surface area contributed by atoms with Gasteiger partial charge in [-0.25, -0.2) is 4.79 Å². The van der Waals surface area contributed by atoms with Crippen LogP contribution in [0.2, 0.25) is 0 Å². The molecule has 1 aliphatic carbocycles. The molecule has 0 aromatic heterocycles. The van der Waals surface area contributed by atoms with Gasteiger partial charge < -0.3 is 10.0 Å². The molecule has 14 heavy (non-hydrogen) atoms. The van der Waals surface area contributed by atoms with Crippen LogP contribution in [0.5, 0.6) is 0 Å². The molecule has 0 spiro atoms. The van der Waals surface area contributed by atoms with Crippen LogP contribution in [0.3, 0.4) is 0 Å². The van der Waals surface area contributed by atoms with Crippen molar-refractivity contribution in [2.45, 2.75) is 18.9 Å². The van der Waals surface area contributed by atoms with Crippen LogP contribution in [0.15, 0.2) is 30.0 Å². The Hall–Kier alpha value is -1.60. The summed E-state index contributed by atoms with van der Waals surface area (Å²) in [6.07, 6.45) is 12.1. The molecule has 2 aliphatic rings. The van der Waals surface area contributed by atoms with Crippen LogP contribution in [0, 0.1) is 6.08 Å². The van der Waals surface area contributed by atoms with Gasteiger partial charge in [-0.3, -0.25) is 0 Å². The summed E-state index contributed by atoms with van der Waals surface area (Å²) in [6, 6.07) is -0.350. The summed E-state index contributed by atoms with van der Waals surface area (Å²) in [4.78, 5) is 12.9. The van der Waals surface area contributed by atoms with Gasteiger partial charge in [-0.2, -0.15) is 0 Å². The van der Waals surface area contributed by atoms with E-state index < -0.39 is 5.97 Å². The number of likely N-dealkylation sites (tertiary alicyclic amines) is 1. The summed E-state index contributed by atoms with van der Waals surface area (Å²) in [5.74, 6) is -0.727. The van der Waals surface area contributed by atoms with E-state index in [0.29, 0.717) is 0 Å². The van der Waals surface area contributed by atoms with Gasteiger partial charge in [-0.1, -0.05) is 0 Å². The highest BCUT2D eigenvalue weighted by Crippen LogP contribution is 2.24. The van der Waals surface area contributed by atoms with Gasteiger partial charge in [0.05, 0.1) is 12.2 Å². The Morgan fingerprint density at radius 2 is 2.50 bits per heavy atom. The van der Waals surface area contributed by atoms with Crippen molar-refractivity contribution in [1.29, 1.82) is 0 Å². The van der Waals surface area contributed by atoms with Crippen molar-refractivity contribution >= 4 is 5.97 Å². The average Bonchev–Trinajstić information content (AvgIpc) is 2.67. The van der Waals surface area contributed by atoms with Crippen molar-refractivity contribution in [2.24, 2.45) is 0 Å². The van der Waals surface area contributed by atoms with Crippen molar-refractivity contribution in [1.82, 2.24) is 4.90 Å². The van der Waals surface area contributed by atoms with E-state index in [1.54, 1.807) is 0 Å². The Morgan fingerprint density at radius 1 is 1.64 bits per heavy atom. The van der Waals surface area contributed by atoms with Crippen molar-refractivity contribution in [3.63, 3.8) is 0 Å². The van der Waals surface area contributed by atoms with Crippen LogP contribution >= 0.6 is 0 Å². The van der Waals surface area contributed by atoms with E-state index in [1.165, 1.54) is 0 Å². The fourth-order valence-electron chi connectivity index (χ4n) is 1.90. The van der Waals surface area contributed by atoms with Gasteiger partial charge >= 0.3 is 5.97 Å². The second kappa shape index (κ2) is 3.64. The van der Waals surface area contributed by atoms with E-state index in [4.69, 9.17) is 5.11 Å². The van der Waals surface area contributed by atoms with Gasteiger partial charge in [-0.05, 0) is 12.8 Å². The monoisotopic (exact) mass is 190 g/mol. The average molecular weight is 190 g/mol. The number of carboxylic acids is 1. The number of aliphatic carboxylic acids is 1. The molecular weight excluding hydrogens is 178 g/mol. The van der Waals surface area contributed by atoms with Crippen LogP contribution in [0.1, 0.15) is 12.8 Å². The zero-order chi connectivity index (χ0) is 9.97. The summed E-state index contributed by atoms with van der Waals surface area (Å²) in [6.45, 7) is 0.834. The Balaban J connectivity index is 2.17. The zero-order valence-electron chi connectivity index (χ0n) is 7.81. The maximum Gasteiger partial charge on any atom is 0.326 e. The summed E-state index contributed by atoms with van der Waals surface area (Å²) in [7, 11) is 0. The summed E-state index contributed by atoms with van der Waals surface area (Å²) in [5.41, 5.74) is 0.980. The van der Waals surface area contributed by atoms with Gasteiger partial charge in [-0.15, -0.1) is 0 Å². The minimum atomic E-state index is -0.727. The third-order valence-electron chi connectivity index (χ3n) is 2.57. The minimum Gasteiger partial charge on any atom is -0.480 e. The lowest BCUT2D eigenvalue weighted by Crippen LogP contribution is -2.34. The molecule has 0 amide bonds. The first-order valence-electron chi connectivity index (χ1n) is 4.74. The van der Waals surface area contributed by atoms with Gasteiger partial charge in [0.15, 0.2) is 5.70 Å². The number of hydrogen-bond donors (Lipinski definition) is 1. The van der Waals surface area contributed by atoms with Crippen molar-refractivity contribution in [3.05, 3.63) is 36.1 Å². The Labute approximate surface area is 83.0 Å². The van der Waals surface area contributed by atoms with Crippen LogP contribution in [-0.2, 0) is 4.79 Å². The highest BCUT2D eigenvalue weighted by Gasteiger charge is 2.32. The smallest absolute Gasteiger partial charge is 0.326 e. The van der Waals surface area contributed by atoms with Crippen molar-refractivity contribution in [2.75, 3.05) is 6.54 Å². The molecule has 1 unspecified atom stereocenters. The van der Waals surface area contributed by atoms with Crippen LogP contribution in [0.25, 0.3) is 0 Å². The van der Waals surface area contributed by atoms with E-state index in [2.05, 4.69) is 6.08 Å². The number of rotatable bonds is 2. The second-order valence-electron chi connectivity index (χ2n) is 3.45. The van der Waals surface area contributed by atoms with Crippen LogP contribution < -0.4 is 0 Å². The normalized spacial score (nSPS) is 24.7. The Bertz CT molecular complexity index is 328. The lowest BCUT2D eigenvalue weighted by molar-refractivity contribution is -0.141. The van der Waals surface area contributed by atoms with Gasteiger partial charge in [0.2, 0.25) is 0 Å². The summed E-state index contributed by atoms with van der Waals surface area (Å²) < 4.78 is 0. The van der Waals surface area contributed by atoms with Crippen LogP contribution in [0.4, 0.5) is 0 Å². The number of nitrogens with zero attached hydrogens (tertiary/aromatic N) is 1. The lowest BCUT2D eigenvalue weighted by atomic mass is 10.2. The quantitative estimate of drug-likeness (QED) is 0.668. The van der Waals surface area contributed by atoms with Crippen molar-refractivity contribution in [3.8, 4) is 0 Å². The van der Waals surface area contributed by atoms with Gasteiger partial charge in [0.1, 0.15) is 18.2 Å². The minimum absolute atomic E-state index is 0.350. The predicted octanol–water partition coefficient (Wildman–Crippen LogP) is 1.35. The maximum absolute atomic E-state index is 10.9. The molecule has 2 rings (SSSR count). The van der Waals surface area contributed by atoms with E-state index in [9.17, 15) is 4.79 Å². The standard InChI is InChI=1S/C11H11NO2/c13-11(14)10-7-4-8-12(10)9-5-2-1-3-6-9/h2-3,5-6,10H,4,7-8H2/p+1. The summed E-state index contributed by atoms with van der Waals surface area (Å²) >= 11 is 0. The number of carboxylic acid groups (broad SMARTS) is 1. The van der Waals surface area contributed by atoms with Gasteiger partial charge in [0.25, 0.3) is 0 Å². The molecule has 0 saturated carbocycles. The highest BCUT2D eigenvalue weighted by molar-refractivity contribution is 5.74. The molecule has 1 heterocycles.